The Bertz CT molecular complexity index is 1210. The number of hydrogen-bond acceptors (Lipinski definition) is 14. The molecule has 2 aromatic carbocycles. The van der Waals surface area contributed by atoms with Gasteiger partial charge in [-0.2, -0.15) is 0 Å². The highest BCUT2D eigenvalue weighted by molar-refractivity contribution is 6.10. The van der Waals surface area contributed by atoms with E-state index < -0.39 is 90.9 Å². The summed E-state index contributed by atoms with van der Waals surface area (Å²) in [5.74, 6) is -2.34. The van der Waals surface area contributed by atoms with Gasteiger partial charge >= 0.3 is 0 Å². The minimum Gasteiger partial charge on any atom is -0.508 e. The van der Waals surface area contributed by atoms with E-state index in [0.29, 0.717) is 5.56 Å². The summed E-state index contributed by atoms with van der Waals surface area (Å²) in [4.78, 5) is 12.7. The molecule has 2 aliphatic heterocycles. The number of phenolic OH excluding ortho intramolecular Hbond substituents is 3. The maximum atomic E-state index is 12.7. The van der Waals surface area contributed by atoms with Crippen LogP contribution < -0.4 is 4.74 Å². The third-order valence-electron chi connectivity index (χ3n) is 6.81. The zero-order valence-corrected chi connectivity index (χ0v) is 21.7. The van der Waals surface area contributed by atoms with E-state index in [-0.39, 0.29) is 11.5 Å². The fraction of sp³-hybridized carbons (Fsp3) is 0.444. The van der Waals surface area contributed by atoms with E-state index >= 15 is 0 Å². The number of aliphatic hydroxyl groups is 6. The molecular weight excluding hydrogens is 548 g/mol. The predicted molar refractivity (Wildman–Crippen MR) is 137 cm³/mol. The molecule has 0 unspecified atom stereocenters. The smallest absolute Gasteiger partial charge is 0.229 e. The van der Waals surface area contributed by atoms with Gasteiger partial charge in [-0.15, -0.1) is 0 Å². The highest BCUT2D eigenvalue weighted by Crippen LogP contribution is 2.36. The number of aliphatic hydroxyl groups excluding tert-OH is 6. The largest absolute Gasteiger partial charge is 0.508 e. The summed E-state index contributed by atoms with van der Waals surface area (Å²) < 4.78 is 22.2. The Hall–Kier alpha value is -3.31. The normalized spacial score (nSPS) is 34.0. The molecule has 0 aromatic heterocycles. The minimum atomic E-state index is -1.78. The molecule has 14 nitrogen and oxygen atoms in total. The number of ether oxygens (including phenoxy) is 4. The van der Waals surface area contributed by atoms with Crippen LogP contribution in [0.25, 0.3) is 6.08 Å². The van der Waals surface area contributed by atoms with Crippen LogP contribution in [0.3, 0.4) is 0 Å². The van der Waals surface area contributed by atoms with E-state index in [0.717, 1.165) is 18.2 Å². The first-order chi connectivity index (χ1) is 19.4. The zero-order chi connectivity index (χ0) is 30.0. The summed E-state index contributed by atoms with van der Waals surface area (Å²) in [6, 6.07) is 7.87. The molecule has 41 heavy (non-hydrogen) atoms. The van der Waals surface area contributed by atoms with E-state index in [1.807, 2.05) is 0 Å². The third-order valence-corrected chi connectivity index (χ3v) is 6.81. The van der Waals surface area contributed by atoms with Gasteiger partial charge in [0.2, 0.25) is 6.29 Å². The standard InChI is InChI=1S/C27H32O14/c1-11-20(33)22(35)24(37)26(38-11)41-25-23(36)21(34)18(10-28)40-27(25)39-14-8-16(31)19(17(32)9-14)15(30)7-4-12-2-5-13(29)6-3-12/h2-9,11,18,20-29,31-37H,10H2,1H3/b7-4+/t11-,18+,20-,21+,22+,23-,24+,25+,26-,27+/m0/s1. The summed E-state index contributed by atoms with van der Waals surface area (Å²) in [5, 5.41) is 91.4. The van der Waals surface area contributed by atoms with Crippen molar-refractivity contribution >= 4 is 11.9 Å². The summed E-state index contributed by atoms with van der Waals surface area (Å²) >= 11 is 0. The molecule has 2 saturated heterocycles. The first kappa shape index (κ1) is 30.6. The molecule has 2 heterocycles. The fourth-order valence-electron chi connectivity index (χ4n) is 4.46. The van der Waals surface area contributed by atoms with E-state index in [1.165, 1.54) is 25.1 Å². The maximum absolute atomic E-state index is 12.7. The lowest BCUT2D eigenvalue weighted by molar-refractivity contribution is -0.354. The van der Waals surface area contributed by atoms with Gasteiger partial charge in [-0.05, 0) is 30.7 Å². The minimum absolute atomic E-state index is 0.0367. The highest BCUT2D eigenvalue weighted by atomic mass is 16.8. The monoisotopic (exact) mass is 580 g/mol. The molecule has 0 spiro atoms. The van der Waals surface area contributed by atoms with Gasteiger partial charge in [-0.1, -0.05) is 18.2 Å². The molecule has 9 N–H and O–H groups in total. The van der Waals surface area contributed by atoms with Crippen molar-refractivity contribution in [3.05, 3.63) is 53.6 Å². The summed E-state index contributed by atoms with van der Waals surface area (Å²) in [7, 11) is 0. The van der Waals surface area contributed by atoms with E-state index in [9.17, 15) is 50.8 Å². The Balaban J connectivity index is 1.55. The molecule has 224 valence electrons. The van der Waals surface area contributed by atoms with Crippen LogP contribution in [0, 0.1) is 0 Å². The lowest BCUT2D eigenvalue weighted by Crippen LogP contribution is -2.64. The van der Waals surface area contributed by atoms with Gasteiger partial charge in [-0.25, -0.2) is 0 Å². The van der Waals surface area contributed by atoms with Crippen LogP contribution in [-0.2, 0) is 14.2 Å². The molecule has 14 heteroatoms. The van der Waals surface area contributed by atoms with Gasteiger partial charge in [0.15, 0.2) is 18.2 Å². The SMILES string of the molecule is C[C@@H]1O[C@@H](O[C@H]2[C@H](Oc3cc(O)c(C(=O)/C=C/c4ccc(O)cc4)c(O)c3)O[C@H](CO)[C@@H](O)[C@@H]2O)[C@H](O)[C@H](O)[C@H]1O. The summed E-state index contributed by atoms with van der Waals surface area (Å²) in [6.07, 6.45) is -13.1. The van der Waals surface area contributed by atoms with E-state index in [4.69, 9.17) is 18.9 Å². The number of benzene rings is 2. The van der Waals surface area contributed by atoms with Crippen LogP contribution in [-0.4, -0.2) is 120 Å². The number of phenols is 3. The van der Waals surface area contributed by atoms with Crippen molar-refractivity contribution in [1.29, 1.82) is 0 Å². The molecule has 0 saturated carbocycles. The molecule has 0 radical (unpaired) electrons. The van der Waals surface area contributed by atoms with Crippen LogP contribution in [0.2, 0.25) is 0 Å². The van der Waals surface area contributed by atoms with Crippen LogP contribution >= 0.6 is 0 Å². The molecule has 10 atom stereocenters. The van der Waals surface area contributed by atoms with Gasteiger partial charge in [-0.3, -0.25) is 4.79 Å². The van der Waals surface area contributed by atoms with Crippen LogP contribution in [0.1, 0.15) is 22.8 Å². The van der Waals surface area contributed by atoms with Gasteiger partial charge in [0, 0.05) is 12.1 Å². The number of hydrogen-bond donors (Lipinski definition) is 9. The molecule has 2 aromatic rings. The molecule has 4 rings (SSSR count). The maximum Gasteiger partial charge on any atom is 0.229 e. The van der Waals surface area contributed by atoms with Crippen molar-refractivity contribution in [2.75, 3.05) is 6.61 Å². The number of carbonyl (C=O) groups excluding carboxylic acids is 1. The predicted octanol–water partition coefficient (Wildman–Crippen LogP) is -1.27. The van der Waals surface area contributed by atoms with E-state index in [1.54, 1.807) is 12.1 Å². The molecular formula is C27H32O14. The highest BCUT2D eigenvalue weighted by Gasteiger charge is 2.50. The van der Waals surface area contributed by atoms with Gasteiger partial charge in [0.05, 0.1) is 12.7 Å². The second-order valence-corrected chi connectivity index (χ2v) is 9.73. The number of aromatic hydroxyl groups is 3. The van der Waals surface area contributed by atoms with Crippen molar-refractivity contribution in [2.24, 2.45) is 0 Å². The van der Waals surface area contributed by atoms with Crippen molar-refractivity contribution < 1.29 is 69.7 Å². The first-order valence-corrected chi connectivity index (χ1v) is 12.6. The van der Waals surface area contributed by atoms with Crippen LogP contribution in [0.15, 0.2) is 42.5 Å². The second-order valence-electron chi connectivity index (χ2n) is 9.73. The van der Waals surface area contributed by atoms with Crippen LogP contribution in [0.5, 0.6) is 23.0 Å². The average molecular weight is 581 g/mol. The van der Waals surface area contributed by atoms with Crippen molar-refractivity contribution in [1.82, 2.24) is 0 Å². The summed E-state index contributed by atoms with van der Waals surface area (Å²) in [6.45, 7) is 0.662. The molecule has 0 aliphatic carbocycles. The van der Waals surface area contributed by atoms with Gasteiger partial charge < -0.3 is 64.9 Å². The second kappa shape index (κ2) is 12.7. The Labute approximate surface area is 233 Å². The number of rotatable bonds is 8. The Morgan fingerprint density at radius 3 is 2.10 bits per heavy atom. The fourth-order valence-corrected chi connectivity index (χ4v) is 4.46. The Morgan fingerprint density at radius 1 is 0.854 bits per heavy atom. The lowest BCUT2D eigenvalue weighted by Gasteiger charge is -2.45. The van der Waals surface area contributed by atoms with Gasteiger partial charge in [0.1, 0.15) is 65.2 Å². The molecule has 0 amide bonds. The van der Waals surface area contributed by atoms with E-state index in [2.05, 4.69) is 0 Å². The van der Waals surface area contributed by atoms with Crippen LogP contribution in [0.4, 0.5) is 0 Å². The Morgan fingerprint density at radius 2 is 1.49 bits per heavy atom. The topological polar surface area (TPSA) is 236 Å². The molecule has 2 fully saturated rings. The summed E-state index contributed by atoms with van der Waals surface area (Å²) in [5.41, 5.74) is 0.118. The van der Waals surface area contributed by atoms with Gasteiger partial charge in [0.25, 0.3) is 0 Å². The number of carbonyl (C=O) groups is 1. The van der Waals surface area contributed by atoms with Crippen molar-refractivity contribution in [2.45, 2.75) is 68.3 Å². The number of ketones is 1. The quantitative estimate of drug-likeness (QED) is 0.131. The van der Waals surface area contributed by atoms with Crippen molar-refractivity contribution in [3.8, 4) is 23.0 Å². The third kappa shape index (κ3) is 6.62. The average Bonchev–Trinajstić information content (AvgIpc) is 2.93. The zero-order valence-electron chi connectivity index (χ0n) is 21.7. The van der Waals surface area contributed by atoms with Crippen molar-refractivity contribution in [3.63, 3.8) is 0 Å². The Kier molecular flexibility index (Phi) is 9.48. The molecule has 0 bridgehead atoms. The first-order valence-electron chi connectivity index (χ1n) is 12.6. The molecule has 2 aliphatic rings. The number of allylic oxidation sites excluding steroid dienone is 1. The lowest BCUT2D eigenvalue weighted by atomic mass is 9.97.